The fraction of sp³-hybridized carbons (Fsp3) is 0.538. The molecule has 0 saturated heterocycles. The first kappa shape index (κ1) is 14.5. The number of halogens is 1. The quantitative estimate of drug-likeness (QED) is 0.725. The Morgan fingerprint density at radius 1 is 1.47 bits per heavy atom. The number of aliphatic hydroxyl groups excluding tert-OH is 1. The van der Waals surface area contributed by atoms with Crippen LogP contribution in [0.2, 0.25) is 0 Å². The molecule has 0 aliphatic heterocycles. The molecular formula is C13H20BrNO2. The third-order valence-electron chi connectivity index (χ3n) is 2.33. The third-order valence-corrected chi connectivity index (χ3v) is 2.82. The summed E-state index contributed by atoms with van der Waals surface area (Å²) >= 11 is 3.37. The van der Waals surface area contributed by atoms with Gasteiger partial charge in [-0.1, -0.05) is 35.3 Å². The maximum Gasteiger partial charge on any atom is 0.120 e. The summed E-state index contributed by atoms with van der Waals surface area (Å²) in [6.45, 7) is 3.99. The third kappa shape index (κ3) is 6.66. The molecule has 0 aliphatic rings. The Morgan fingerprint density at radius 3 is 3.00 bits per heavy atom. The van der Waals surface area contributed by atoms with Crippen LogP contribution in [0.1, 0.15) is 19.8 Å². The summed E-state index contributed by atoms with van der Waals surface area (Å²) in [5.41, 5.74) is 0. The lowest BCUT2D eigenvalue weighted by molar-refractivity contribution is 0.106. The number of aliphatic hydroxyl groups is 1. The van der Waals surface area contributed by atoms with Crippen LogP contribution in [-0.2, 0) is 0 Å². The van der Waals surface area contributed by atoms with E-state index in [4.69, 9.17) is 4.74 Å². The maximum atomic E-state index is 9.68. The van der Waals surface area contributed by atoms with Crippen molar-refractivity contribution in [3.63, 3.8) is 0 Å². The van der Waals surface area contributed by atoms with Gasteiger partial charge in [-0.05, 0) is 31.2 Å². The van der Waals surface area contributed by atoms with Crippen LogP contribution in [0.4, 0.5) is 0 Å². The van der Waals surface area contributed by atoms with Gasteiger partial charge in [-0.25, -0.2) is 0 Å². The molecule has 4 heteroatoms. The fourth-order valence-corrected chi connectivity index (χ4v) is 1.76. The van der Waals surface area contributed by atoms with Crippen LogP contribution in [0.15, 0.2) is 28.7 Å². The lowest BCUT2D eigenvalue weighted by Crippen LogP contribution is -2.31. The molecular weight excluding hydrogens is 282 g/mol. The lowest BCUT2D eigenvalue weighted by atomic mass is 10.3. The molecule has 0 bridgehead atoms. The van der Waals surface area contributed by atoms with E-state index in [0.29, 0.717) is 13.2 Å². The molecule has 0 aliphatic carbocycles. The van der Waals surface area contributed by atoms with Crippen LogP contribution >= 0.6 is 15.9 Å². The maximum absolute atomic E-state index is 9.68. The largest absolute Gasteiger partial charge is 0.491 e. The van der Waals surface area contributed by atoms with Gasteiger partial charge in [0, 0.05) is 11.0 Å². The molecule has 0 aromatic heterocycles. The molecule has 1 aromatic carbocycles. The van der Waals surface area contributed by atoms with Gasteiger partial charge in [-0.2, -0.15) is 0 Å². The van der Waals surface area contributed by atoms with E-state index < -0.39 is 6.10 Å². The number of hydrogen-bond donors (Lipinski definition) is 2. The predicted molar refractivity (Wildman–Crippen MR) is 73.4 cm³/mol. The molecule has 1 rings (SSSR count). The molecule has 1 unspecified atom stereocenters. The summed E-state index contributed by atoms with van der Waals surface area (Å²) in [7, 11) is 0. The number of nitrogens with one attached hydrogen (secondary N) is 1. The van der Waals surface area contributed by atoms with Crippen LogP contribution in [0.5, 0.6) is 5.75 Å². The van der Waals surface area contributed by atoms with Gasteiger partial charge in [0.25, 0.3) is 0 Å². The molecule has 2 N–H and O–H groups in total. The molecule has 0 amide bonds. The smallest absolute Gasteiger partial charge is 0.120 e. The van der Waals surface area contributed by atoms with E-state index in [1.54, 1.807) is 0 Å². The van der Waals surface area contributed by atoms with Crippen LogP contribution in [0.3, 0.4) is 0 Å². The van der Waals surface area contributed by atoms with Crippen molar-refractivity contribution in [1.29, 1.82) is 0 Å². The Morgan fingerprint density at radius 2 is 2.29 bits per heavy atom. The number of benzene rings is 1. The Balaban J connectivity index is 2.17. The molecule has 0 heterocycles. The van der Waals surface area contributed by atoms with Crippen LogP contribution < -0.4 is 10.1 Å². The summed E-state index contributed by atoms with van der Waals surface area (Å²) in [5.74, 6) is 0.770. The standard InChI is InChI=1S/C13H20BrNO2/c1-2-3-7-15-9-12(16)10-17-13-6-4-5-11(14)8-13/h4-6,8,12,15-16H,2-3,7,9-10H2,1H3. The van der Waals surface area contributed by atoms with E-state index in [9.17, 15) is 5.11 Å². The second-order valence-electron chi connectivity index (χ2n) is 3.98. The average molecular weight is 302 g/mol. The van der Waals surface area contributed by atoms with E-state index >= 15 is 0 Å². The van der Waals surface area contributed by atoms with Gasteiger partial charge in [-0.3, -0.25) is 0 Å². The minimum atomic E-state index is -0.467. The highest BCUT2D eigenvalue weighted by molar-refractivity contribution is 9.10. The fourth-order valence-electron chi connectivity index (χ4n) is 1.38. The molecule has 0 radical (unpaired) electrons. The first-order chi connectivity index (χ1) is 8.22. The van der Waals surface area contributed by atoms with Crippen molar-refractivity contribution in [2.45, 2.75) is 25.9 Å². The summed E-state index contributed by atoms with van der Waals surface area (Å²) in [5, 5.41) is 12.9. The predicted octanol–water partition coefficient (Wildman–Crippen LogP) is 2.58. The van der Waals surface area contributed by atoms with Gasteiger partial charge in [0.1, 0.15) is 18.5 Å². The zero-order valence-corrected chi connectivity index (χ0v) is 11.7. The number of hydrogen-bond acceptors (Lipinski definition) is 3. The van der Waals surface area contributed by atoms with E-state index in [1.807, 2.05) is 24.3 Å². The van der Waals surface area contributed by atoms with Gasteiger partial charge in [0.2, 0.25) is 0 Å². The van der Waals surface area contributed by atoms with Crippen LogP contribution in [0, 0.1) is 0 Å². The van der Waals surface area contributed by atoms with E-state index in [2.05, 4.69) is 28.2 Å². The molecule has 17 heavy (non-hydrogen) atoms. The second-order valence-corrected chi connectivity index (χ2v) is 4.90. The van der Waals surface area contributed by atoms with E-state index in [1.165, 1.54) is 0 Å². The topological polar surface area (TPSA) is 41.5 Å². The van der Waals surface area contributed by atoms with E-state index in [-0.39, 0.29) is 0 Å². The Kier molecular flexibility index (Phi) is 7.24. The summed E-state index contributed by atoms with van der Waals surface area (Å²) < 4.78 is 6.46. The zero-order valence-electron chi connectivity index (χ0n) is 10.2. The Bertz CT molecular complexity index is 320. The molecule has 3 nitrogen and oxygen atoms in total. The highest BCUT2D eigenvalue weighted by Crippen LogP contribution is 2.17. The van der Waals surface area contributed by atoms with E-state index in [0.717, 1.165) is 29.6 Å². The van der Waals surface area contributed by atoms with Crippen molar-refractivity contribution < 1.29 is 9.84 Å². The molecule has 1 aromatic rings. The lowest BCUT2D eigenvalue weighted by Gasteiger charge is -2.13. The minimum absolute atomic E-state index is 0.315. The summed E-state index contributed by atoms with van der Waals surface area (Å²) in [6, 6.07) is 7.61. The van der Waals surface area contributed by atoms with Crippen molar-refractivity contribution in [3.8, 4) is 5.75 Å². The van der Waals surface area contributed by atoms with Gasteiger partial charge >= 0.3 is 0 Å². The van der Waals surface area contributed by atoms with Gasteiger partial charge < -0.3 is 15.2 Å². The molecule has 0 fully saturated rings. The molecule has 1 atom stereocenters. The summed E-state index contributed by atoms with van der Waals surface area (Å²) in [6.07, 6.45) is 1.84. The number of unbranched alkanes of at least 4 members (excludes halogenated alkanes) is 1. The van der Waals surface area contributed by atoms with Crippen molar-refractivity contribution in [3.05, 3.63) is 28.7 Å². The van der Waals surface area contributed by atoms with Crippen LogP contribution in [0.25, 0.3) is 0 Å². The number of ether oxygens (including phenoxy) is 1. The Labute approximate surface area is 111 Å². The van der Waals surface area contributed by atoms with Crippen molar-refractivity contribution in [2.24, 2.45) is 0 Å². The molecule has 0 saturated carbocycles. The zero-order chi connectivity index (χ0) is 12.5. The van der Waals surface area contributed by atoms with Gasteiger partial charge in [0.05, 0.1) is 0 Å². The highest BCUT2D eigenvalue weighted by Gasteiger charge is 2.04. The number of rotatable bonds is 8. The highest BCUT2D eigenvalue weighted by atomic mass is 79.9. The van der Waals surface area contributed by atoms with Gasteiger partial charge in [-0.15, -0.1) is 0 Å². The molecule has 0 spiro atoms. The monoisotopic (exact) mass is 301 g/mol. The first-order valence-electron chi connectivity index (χ1n) is 5.99. The Hall–Kier alpha value is -0.580. The summed E-state index contributed by atoms with van der Waals surface area (Å²) in [4.78, 5) is 0. The SMILES string of the molecule is CCCCNCC(O)COc1cccc(Br)c1. The average Bonchev–Trinajstić information content (AvgIpc) is 2.32. The normalized spacial score (nSPS) is 12.4. The van der Waals surface area contributed by atoms with Crippen molar-refractivity contribution in [1.82, 2.24) is 5.32 Å². The molecule has 96 valence electrons. The second kappa shape index (κ2) is 8.50. The minimum Gasteiger partial charge on any atom is -0.491 e. The van der Waals surface area contributed by atoms with Crippen LogP contribution in [-0.4, -0.2) is 30.9 Å². The van der Waals surface area contributed by atoms with Gasteiger partial charge in [0.15, 0.2) is 0 Å². The van der Waals surface area contributed by atoms with Crippen molar-refractivity contribution in [2.75, 3.05) is 19.7 Å². The first-order valence-corrected chi connectivity index (χ1v) is 6.79. The van der Waals surface area contributed by atoms with Crippen molar-refractivity contribution >= 4 is 15.9 Å².